The Hall–Kier alpha value is -3.80. The molecule has 0 unspecified atom stereocenters. The second-order valence-electron chi connectivity index (χ2n) is 8.42. The number of carbonyl (C=O) groups is 2. The van der Waals surface area contributed by atoms with Gasteiger partial charge in [0.25, 0.3) is 5.91 Å². The molecule has 34 heavy (non-hydrogen) atoms. The highest BCUT2D eigenvalue weighted by Gasteiger charge is 2.31. The first-order valence-electron chi connectivity index (χ1n) is 11.6. The van der Waals surface area contributed by atoms with E-state index in [2.05, 4.69) is 43.1 Å². The second kappa shape index (κ2) is 10.4. The first kappa shape index (κ1) is 23.4. The normalized spacial score (nSPS) is 14.9. The van der Waals surface area contributed by atoms with Gasteiger partial charge in [0.15, 0.2) is 5.76 Å². The van der Waals surface area contributed by atoms with Gasteiger partial charge in [-0.25, -0.2) is 0 Å². The van der Waals surface area contributed by atoms with Gasteiger partial charge in [-0.15, -0.1) is 6.58 Å². The minimum absolute atomic E-state index is 0.140. The van der Waals surface area contributed by atoms with Gasteiger partial charge in [0.2, 0.25) is 5.91 Å². The summed E-state index contributed by atoms with van der Waals surface area (Å²) < 4.78 is 11.6. The van der Waals surface area contributed by atoms with E-state index in [-0.39, 0.29) is 30.2 Å². The molecule has 3 aromatic rings. The quantitative estimate of drug-likeness (QED) is 0.484. The standard InChI is InChI=1S/C28H30N2O4/c1-4-14-29-28(32)25-12-11-23(34-25)18-33-22-10-9-20-13-15-30(26(31)5-2)27(24(20)17-22)21-8-6-7-19(3)16-21/h4,6-12,16-17,27H,1,5,13-15,18H2,2-3H3,(H,29,32)/t27-/m1/s1. The number of furan rings is 1. The molecule has 0 radical (unpaired) electrons. The van der Waals surface area contributed by atoms with E-state index in [0.717, 1.165) is 23.1 Å². The maximum absolute atomic E-state index is 12.8. The molecular formula is C28H30N2O4. The van der Waals surface area contributed by atoms with Gasteiger partial charge in [-0.1, -0.05) is 48.9 Å². The smallest absolute Gasteiger partial charge is 0.287 e. The summed E-state index contributed by atoms with van der Waals surface area (Å²) in [6, 6.07) is 17.6. The fourth-order valence-electron chi connectivity index (χ4n) is 4.34. The third-order valence-electron chi connectivity index (χ3n) is 6.00. The average molecular weight is 459 g/mol. The number of aryl methyl sites for hydroxylation is 1. The number of rotatable bonds is 8. The number of nitrogens with zero attached hydrogens (tertiary/aromatic N) is 1. The number of fused-ring (bicyclic) bond motifs is 1. The summed E-state index contributed by atoms with van der Waals surface area (Å²) in [6.45, 7) is 8.82. The zero-order chi connectivity index (χ0) is 24.1. The first-order valence-corrected chi connectivity index (χ1v) is 11.6. The number of nitrogens with one attached hydrogen (secondary N) is 1. The Bertz CT molecular complexity index is 1200. The highest BCUT2D eigenvalue weighted by molar-refractivity contribution is 5.91. The van der Waals surface area contributed by atoms with Crippen LogP contribution in [0.15, 0.2) is 71.7 Å². The van der Waals surface area contributed by atoms with E-state index in [1.165, 1.54) is 5.56 Å². The number of ether oxygens (including phenoxy) is 1. The summed E-state index contributed by atoms with van der Waals surface area (Å²) in [7, 11) is 0. The van der Waals surface area contributed by atoms with Gasteiger partial charge in [-0.3, -0.25) is 9.59 Å². The summed E-state index contributed by atoms with van der Waals surface area (Å²) in [5.74, 6) is 1.33. The zero-order valence-corrected chi connectivity index (χ0v) is 19.7. The van der Waals surface area contributed by atoms with E-state index in [1.807, 2.05) is 30.0 Å². The van der Waals surface area contributed by atoms with Crippen molar-refractivity contribution in [3.05, 3.63) is 101 Å². The molecule has 1 aliphatic heterocycles. The number of carbonyl (C=O) groups excluding carboxylic acids is 2. The summed E-state index contributed by atoms with van der Waals surface area (Å²) in [4.78, 5) is 26.8. The molecule has 1 aromatic heterocycles. The van der Waals surface area contributed by atoms with Crippen LogP contribution in [0.5, 0.6) is 5.75 Å². The fourth-order valence-corrected chi connectivity index (χ4v) is 4.34. The molecule has 1 atom stereocenters. The molecule has 2 heterocycles. The van der Waals surface area contributed by atoms with Gasteiger partial charge in [-0.2, -0.15) is 0 Å². The third-order valence-corrected chi connectivity index (χ3v) is 6.00. The molecule has 2 amide bonds. The maximum Gasteiger partial charge on any atom is 0.287 e. The Labute approximate surface area is 200 Å². The van der Waals surface area contributed by atoms with Gasteiger partial charge in [0.05, 0.1) is 6.04 Å². The lowest BCUT2D eigenvalue weighted by Gasteiger charge is -2.38. The summed E-state index contributed by atoms with van der Waals surface area (Å²) in [6.07, 6.45) is 2.89. The number of hydrogen-bond donors (Lipinski definition) is 1. The van der Waals surface area contributed by atoms with E-state index in [1.54, 1.807) is 18.2 Å². The highest BCUT2D eigenvalue weighted by Crippen LogP contribution is 2.38. The lowest BCUT2D eigenvalue weighted by Crippen LogP contribution is -2.40. The van der Waals surface area contributed by atoms with Crippen molar-refractivity contribution in [1.82, 2.24) is 10.2 Å². The van der Waals surface area contributed by atoms with Crippen LogP contribution in [-0.2, 0) is 17.8 Å². The molecule has 1 aliphatic rings. The van der Waals surface area contributed by atoms with Crippen LogP contribution in [0.3, 0.4) is 0 Å². The molecule has 0 aliphatic carbocycles. The lowest BCUT2D eigenvalue weighted by atomic mass is 9.87. The van der Waals surface area contributed by atoms with E-state index in [0.29, 0.717) is 31.0 Å². The molecule has 0 spiro atoms. The van der Waals surface area contributed by atoms with Crippen LogP contribution in [0.25, 0.3) is 0 Å². The summed E-state index contributed by atoms with van der Waals surface area (Å²) in [5.41, 5.74) is 4.56. The largest absolute Gasteiger partial charge is 0.486 e. The van der Waals surface area contributed by atoms with E-state index < -0.39 is 0 Å². The van der Waals surface area contributed by atoms with Crippen molar-refractivity contribution in [3.63, 3.8) is 0 Å². The zero-order valence-electron chi connectivity index (χ0n) is 19.7. The number of benzene rings is 2. The number of hydrogen-bond acceptors (Lipinski definition) is 4. The SMILES string of the molecule is C=CCNC(=O)c1ccc(COc2ccc3c(c2)[C@@H](c2cccc(C)c2)N(C(=O)CC)CC3)o1. The Kier molecular flexibility index (Phi) is 7.16. The molecule has 0 saturated carbocycles. The molecule has 6 heteroatoms. The van der Waals surface area contributed by atoms with Crippen LogP contribution in [-0.4, -0.2) is 29.8 Å². The molecule has 0 bridgehead atoms. The molecule has 4 rings (SSSR count). The Morgan fingerprint density at radius 2 is 2.06 bits per heavy atom. The predicted molar refractivity (Wildman–Crippen MR) is 131 cm³/mol. The fraction of sp³-hybridized carbons (Fsp3) is 0.286. The van der Waals surface area contributed by atoms with Crippen molar-refractivity contribution in [2.75, 3.05) is 13.1 Å². The Morgan fingerprint density at radius 3 is 2.82 bits per heavy atom. The number of amides is 2. The maximum atomic E-state index is 12.8. The monoisotopic (exact) mass is 458 g/mol. The van der Waals surface area contributed by atoms with Crippen LogP contribution in [0.4, 0.5) is 0 Å². The minimum Gasteiger partial charge on any atom is -0.486 e. The van der Waals surface area contributed by atoms with Crippen molar-refractivity contribution in [2.24, 2.45) is 0 Å². The molecular weight excluding hydrogens is 428 g/mol. The summed E-state index contributed by atoms with van der Waals surface area (Å²) >= 11 is 0. The average Bonchev–Trinajstić information content (AvgIpc) is 3.34. The van der Waals surface area contributed by atoms with Crippen molar-refractivity contribution in [1.29, 1.82) is 0 Å². The molecule has 0 fully saturated rings. The van der Waals surface area contributed by atoms with Crippen molar-refractivity contribution in [2.45, 2.75) is 39.3 Å². The van der Waals surface area contributed by atoms with E-state index in [9.17, 15) is 9.59 Å². The van der Waals surface area contributed by atoms with Gasteiger partial charge in [0, 0.05) is 19.5 Å². The highest BCUT2D eigenvalue weighted by atomic mass is 16.5. The van der Waals surface area contributed by atoms with Gasteiger partial charge in [-0.05, 0) is 54.3 Å². The molecule has 0 saturated heterocycles. The van der Waals surface area contributed by atoms with Crippen LogP contribution in [0, 0.1) is 6.92 Å². The predicted octanol–water partition coefficient (Wildman–Crippen LogP) is 4.97. The van der Waals surface area contributed by atoms with Crippen molar-refractivity contribution in [3.8, 4) is 5.75 Å². The van der Waals surface area contributed by atoms with Crippen molar-refractivity contribution >= 4 is 11.8 Å². The van der Waals surface area contributed by atoms with Gasteiger partial charge >= 0.3 is 0 Å². The Morgan fingerprint density at radius 1 is 1.21 bits per heavy atom. The van der Waals surface area contributed by atoms with Crippen LogP contribution < -0.4 is 10.1 Å². The molecule has 1 N–H and O–H groups in total. The molecule has 176 valence electrons. The second-order valence-corrected chi connectivity index (χ2v) is 8.42. The Balaban J connectivity index is 1.57. The van der Waals surface area contributed by atoms with Gasteiger partial charge < -0.3 is 19.4 Å². The first-order chi connectivity index (χ1) is 16.5. The topological polar surface area (TPSA) is 71.8 Å². The van der Waals surface area contributed by atoms with Crippen LogP contribution in [0.2, 0.25) is 0 Å². The third kappa shape index (κ3) is 5.06. The van der Waals surface area contributed by atoms with Gasteiger partial charge in [0.1, 0.15) is 18.1 Å². The summed E-state index contributed by atoms with van der Waals surface area (Å²) in [5, 5.41) is 2.69. The van der Waals surface area contributed by atoms with Crippen LogP contribution in [0.1, 0.15) is 58.0 Å². The van der Waals surface area contributed by atoms with E-state index in [4.69, 9.17) is 9.15 Å². The lowest BCUT2D eigenvalue weighted by molar-refractivity contribution is -0.132. The molecule has 2 aromatic carbocycles. The van der Waals surface area contributed by atoms with E-state index >= 15 is 0 Å². The van der Waals surface area contributed by atoms with Crippen molar-refractivity contribution < 1.29 is 18.7 Å². The van der Waals surface area contributed by atoms with Crippen LogP contribution >= 0.6 is 0 Å². The molecule has 6 nitrogen and oxygen atoms in total. The minimum atomic E-state index is -0.290.